The van der Waals surface area contributed by atoms with Crippen molar-refractivity contribution in [3.05, 3.63) is 48.0 Å². The molecule has 2 nitrogen and oxygen atoms in total. The standard InChI is InChI=1S/C15H18N2/c1-11-4-6-12(7-5-11)13-8-14(16-2)10-15(9-13)17-3/h4-10,16-17H,1-3H3. The van der Waals surface area contributed by atoms with Gasteiger partial charge < -0.3 is 10.6 Å². The second kappa shape index (κ2) is 4.91. The van der Waals surface area contributed by atoms with Gasteiger partial charge in [-0.2, -0.15) is 0 Å². The number of rotatable bonds is 3. The molecule has 17 heavy (non-hydrogen) atoms. The highest BCUT2D eigenvalue weighted by molar-refractivity contribution is 5.74. The molecule has 88 valence electrons. The Bertz CT molecular complexity index is 479. The van der Waals surface area contributed by atoms with Crippen LogP contribution in [0.3, 0.4) is 0 Å². The van der Waals surface area contributed by atoms with Gasteiger partial charge >= 0.3 is 0 Å². The fraction of sp³-hybridized carbons (Fsp3) is 0.200. The van der Waals surface area contributed by atoms with Crippen molar-refractivity contribution in [2.45, 2.75) is 6.92 Å². The van der Waals surface area contributed by atoms with Crippen LogP contribution in [-0.4, -0.2) is 14.1 Å². The van der Waals surface area contributed by atoms with Gasteiger partial charge in [-0.25, -0.2) is 0 Å². The molecule has 0 saturated heterocycles. The van der Waals surface area contributed by atoms with Gasteiger partial charge in [0.1, 0.15) is 0 Å². The van der Waals surface area contributed by atoms with Crippen LogP contribution in [0.15, 0.2) is 42.5 Å². The summed E-state index contributed by atoms with van der Waals surface area (Å²) in [5.41, 5.74) is 5.98. The zero-order valence-electron chi connectivity index (χ0n) is 10.5. The van der Waals surface area contributed by atoms with E-state index in [4.69, 9.17) is 0 Å². The monoisotopic (exact) mass is 226 g/mol. The first-order valence-electron chi connectivity index (χ1n) is 5.80. The van der Waals surface area contributed by atoms with Gasteiger partial charge in [0.05, 0.1) is 0 Å². The van der Waals surface area contributed by atoms with Crippen LogP contribution in [-0.2, 0) is 0 Å². The Morgan fingerprint density at radius 2 is 1.24 bits per heavy atom. The third-order valence-electron chi connectivity index (χ3n) is 2.90. The topological polar surface area (TPSA) is 24.1 Å². The van der Waals surface area contributed by atoms with Crippen LogP contribution in [0.25, 0.3) is 11.1 Å². The summed E-state index contributed by atoms with van der Waals surface area (Å²) < 4.78 is 0. The zero-order chi connectivity index (χ0) is 12.3. The van der Waals surface area contributed by atoms with Gasteiger partial charge in [-0.1, -0.05) is 29.8 Å². The lowest BCUT2D eigenvalue weighted by molar-refractivity contribution is 1.44. The maximum atomic E-state index is 3.18. The van der Waals surface area contributed by atoms with Crippen LogP contribution in [0, 0.1) is 6.92 Å². The maximum absolute atomic E-state index is 3.18. The molecule has 0 atom stereocenters. The van der Waals surface area contributed by atoms with Gasteiger partial charge in [0.2, 0.25) is 0 Å². The molecular formula is C15H18N2. The Balaban J connectivity index is 2.46. The second-order valence-electron chi connectivity index (χ2n) is 4.17. The lowest BCUT2D eigenvalue weighted by Crippen LogP contribution is -1.93. The molecule has 2 heteroatoms. The number of nitrogens with one attached hydrogen (secondary N) is 2. The number of benzene rings is 2. The summed E-state index contributed by atoms with van der Waals surface area (Å²) in [5, 5.41) is 6.37. The minimum atomic E-state index is 1.12. The van der Waals surface area contributed by atoms with Crippen LogP contribution in [0.2, 0.25) is 0 Å². The summed E-state index contributed by atoms with van der Waals surface area (Å²) in [7, 11) is 3.88. The Morgan fingerprint density at radius 3 is 1.71 bits per heavy atom. The van der Waals surface area contributed by atoms with Crippen molar-refractivity contribution in [3.8, 4) is 11.1 Å². The molecule has 0 fully saturated rings. The van der Waals surface area contributed by atoms with E-state index in [1.807, 2.05) is 14.1 Å². The van der Waals surface area contributed by atoms with E-state index < -0.39 is 0 Å². The molecule has 0 saturated carbocycles. The molecule has 0 aliphatic rings. The zero-order valence-corrected chi connectivity index (χ0v) is 10.5. The van der Waals surface area contributed by atoms with Crippen LogP contribution >= 0.6 is 0 Å². The average Bonchev–Trinajstić information content (AvgIpc) is 2.39. The predicted octanol–water partition coefficient (Wildman–Crippen LogP) is 3.75. The van der Waals surface area contributed by atoms with Crippen LogP contribution in [0.5, 0.6) is 0 Å². The van der Waals surface area contributed by atoms with Crippen molar-refractivity contribution >= 4 is 11.4 Å². The van der Waals surface area contributed by atoms with Gasteiger partial charge in [-0.15, -0.1) is 0 Å². The minimum absolute atomic E-state index is 1.12. The van der Waals surface area contributed by atoms with E-state index in [1.165, 1.54) is 16.7 Å². The molecule has 2 aromatic rings. The summed E-state index contributed by atoms with van der Waals surface area (Å²) in [6.07, 6.45) is 0. The highest BCUT2D eigenvalue weighted by atomic mass is 14.8. The lowest BCUT2D eigenvalue weighted by atomic mass is 10.0. The molecule has 0 unspecified atom stereocenters. The van der Waals surface area contributed by atoms with Gasteiger partial charge in [0.15, 0.2) is 0 Å². The molecule has 0 aliphatic heterocycles. The van der Waals surface area contributed by atoms with Crippen molar-refractivity contribution < 1.29 is 0 Å². The third kappa shape index (κ3) is 2.59. The summed E-state index contributed by atoms with van der Waals surface area (Å²) in [6, 6.07) is 15.0. The first-order valence-corrected chi connectivity index (χ1v) is 5.80. The SMILES string of the molecule is CNc1cc(NC)cc(-c2ccc(C)cc2)c1. The summed E-state index contributed by atoms with van der Waals surface area (Å²) >= 11 is 0. The van der Waals surface area contributed by atoms with E-state index in [0.29, 0.717) is 0 Å². The van der Waals surface area contributed by atoms with E-state index >= 15 is 0 Å². The van der Waals surface area contributed by atoms with Gasteiger partial charge in [-0.05, 0) is 36.2 Å². The van der Waals surface area contributed by atoms with Gasteiger partial charge in [-0.3, -0.25) is 0 Å². The van der Waals surface area contributed by atoms with Gasteiger partial charge in [0, 0.05) is 25.5 Å². The first kappa shape index (κ1) is 11.5. The quantitative estimate of drug-likeness (QED) is 0.833. The highest BCUT2D eigenvalue weighted by Crippen LogP contribution is 2.27. The molecule has 2 aromatic carbocycles. The number of aryl methyl sites for hydroxylation is 1. The Morgan fingerprint density at radius 1 is 0.706 bits per heavy atom. The minimum Gasteiger partial charge on any atom is -0.388 e. The fourth-order valence-electron chi connectivity index (χ4n) is 1.83. The molecular weight excluding hydrogens is 208 g/mol. The van der Waals surface area contributed by atoms with Crippen molar-refractivity contribution in [2.24, 2.45) is 0 Å². The molecule has 0 bridgehead atoms. The van der Waals surface area contributed by atoms with E-state index in [-0.39, 0.29) is 0 Å². The number of anilines is 2. The summed E-state index contributed by atoms with van der Waals surface area (Å²) in [6.45, 7) is 2.10. The molecule has 0 heterocycles. The molecule has 0 spiro atoms. The molecule has 2 rings (SSSR count). The van der Waals surface area contributed by atoms with E-state index in [1.54, 1.807) is 0 Å². The maximum Gasteiger partial charge on any atom is 0.0364 e. The third-order valence-corrected chi connectivity index (χ3v) is 2.90. The smallest absolute Gasteiger partial charge is 0.0364 e. The molecule has 0 amide bonds. The molecule has 0 aromatic heterocycles. The van der Waals surface area contributed by atoms with E-state index in [0.717, 1.165) is 11.4 Å². The van der Waals surface area contributed by atoms with Crippen molar-refractivity contribution in [3.63, 3.8) is 0 Å². The average molecular weight is 226 g/mol. The van der Waals surface area contributed by atoms with Crippen LogP contribution < -0.4 is 10.6 Å². The predicted molar refractivity (Wildman–Crippen MR) is 75.7 cm³/mol. The van der Waals surface area contributed by atoms with E-state index in [2.05, 4.69) is 60.0 Å². The molecule has 0 aliphatic carbocycles. The fourth-order valence-corrected chi connectivity index (χ4v) is 1.83. The number of hydrogen-bond donors (Lipinski definition) is 2. The summed E-state index contributed by atoms with van der Waals surface area (Å²) in [4.78, 5) is 0. The van der Waals surface area contributed by atoms with Crippen molar-refractivity contribution in [1.82, 2.24) is 0 Å². The Kier molecular flexibility index (Phi) is 3.33. The van der Waals surface area contributed by atoms with E-state index in [9.17, 15) is 0 Å². The number of hydrogen-bond acceptors (Lipinski definition) is 2. The Hall–Kier alpha value is -1.96. The summed E-state index contributed by atoms with van der Waals surface area (Å²) in [5.74, 6) is 0. The van der Waals surface area contributed by atoms with Crippen molar-refractivity contribution in [1.29, 1.82) is 0 Å². The van der Waals surface area contributed by atoms with Crippen molar-refractivity contribution in [2.75, 3.05) is 24.7 Å². The second-order valence-corrected chi connectivity index (χ2v) is 4.17. The molecule has 0 radical (unpaired) electrons. The highest BCUT2D eigenvalue weighted by Gasteiger charge is 2.01. The van der Waals surface area contributed by atoms with Crippen LogP contribution in [0.4, 0.5) is 11.4 Å². The molecule has 2 N–H and O–H groups in total. The first-order chi connectivity index (χ1) is 8.22. The van der Waals surface area contributed by atoms with Gasteiger partial charge in [0.25, 0.3) is 0 Å². The van der Waals surface area contributed by atoms with Crippen LogP contribution in [0.1, 0.15) is 5.56 Å². The normalized spacial score (nSPS) is 10.1. The Labute approximate surface area is 103 Å². The lowest BCUT2D eigenvalue weighted by Gasteiger charge is -2.09. The largest absolute Gasteiger partial charge is 0.388 e.